The van der Waals surface area contributed by atoms with Gasteiger partial charge in [-0.25, -0.2) is 9.18 Å². The van der Waals surface area contributed by atoms with Gasteiger partial charge < -0.3 is 19.9 Å². The number of nitrogens with one attached hydrogen (secondary N) is 1. The van der Waals surface area contributed by atoms with Crippen LogP contribution in [-0.4, -0.2) is 24.4 Å². The first-order valence-corrected chi connectivity index (χ1v) is 6.75. The van der Waals surface area contributed by atoms with Gasteiger partial charge in [-0.1, -0.05) is 11.6 Å². The van der Waals surface area contributed by atoms with Gasteiger partial charge in [0.25, 0.3) is 0 Å². The predicted octanol–water partition coefficient (Wildman–Crippen LogP) is 3.92. The largest absolute Gasteiger partial charge is 0.490 e. The number of hydrogen-bond acceptors (Lipinski definition) is 3. The Labute approximate surface area is 131 Å². The fraction of sp³-hybridized carbons (Fsp3) is 0.133. The fourth-order valence-electron chi connectivity index (χ4n) is 1.62. The summed E-state index contributed by atoms with van der Waals surface area (Å²) in [6.07, 6.45) is -1.11. The molecule has 1 amide bonds. The summed E-state index contributed by atoms with van der Waals surface area (Å²) >= 11 is 6.06. The molecule has 0 atom stereocenters. The summed E-state index contributed by atoms with van der Waals surface area (Å²) in [7, 11) is 0. The molecule has 5 nitrogen and oxygen atoms in total. The molecule has 116 valence electrons. The predicted molar refractivity (Wildman–Crippen MR) is 79.4 cm³/mol. The van der Waals surface area contributed by atoms with E-state index in [0.29, 0.717) is 22.3 Å². The Morgan fingerprint density at radius 3 is 2.50 bits per heavy atom. The number of hydrogen-bond donors (Lipinski definition) is 2. The number of rotatable bonds is 6. The molecule has 2 N–H and O–H groups in total. The van der Waals surface area contributed by atoms with Crippen LogP contribution in [-0.2, 0) is 0 Å². The van der Waals surface area contributed by atoms with Crippen molar-refractivity contribution >= 4 is 17.7 Å². The molecule has 0 unspecified atom stereocenters. The summed E-state index contributed by atoms with van der Waals surface area (Å²) in [6.45, 7) is 0.309. The van der Waals surface area contributed by atoms with Gasteiger partial charge in [-0.2, -0.15) is 0 Å². The Hall–Kier alpha value is -2.47. The molecule has 2 aromatic rings. The number of carbonyl (C=O) groups is 1. The van der Waals surface area contributed by atoms with Crippen LogP contribution in [0.5, 0.6) is 17.2 Å². The molecule has 0 bridgehead atoms. The minimum Gasteiger partial charge on any atom is -0.490 e. The van der Waals surface area contributed by atoms with Crippen LogP contribution in [0.15, 0.2) is 42.5 Å². The van der Waals surface area contributed by atoms with Gasteiger partial charge in [0.2, 0.25) is 0 Å². The molecule has 2 aromatic carbocycles. The number of ether oxygens (including phenoxy) is 2. The highest BCUT2D eigenvalue weighted by molar-refractivity contribution is 6.32. The van der Waals surface area contributed by atoms with Gasteiger partial charge in [-0.05, 0) is 36.4 Å². The summed E-state index contributed by atoms with van der Waals surface area (Å²) in [5.41, 5.74) is 0. The zero-order valence-corrected chi connectivity index (χ0v) is 12.1. The first-order valence-electron chi connectivity index (χ1n) is 6.37. The standard InChI is InChI=1S/C15H13ClFNO4/c16-13-9-12(22-11-3-1-10(17)2-4-11)5-6-14(13)21-8-7-18-15(19)20/h1-6,9,18H,7-8H2,(H,19,20). The molecule has 0 aliphatic rings. The third-order valence-corrected chi connectivity index (χ3v) is 2.88. The summed E-state index contributed by atoms with van der Waals surface area (Å²) in [4.78, 5) is 10.3. The van der Waals surface area contributed by atoms with Gasteiger partial charge in [-0.3, -0.25) is 0 Å². The zero-order chi connectivity index (χ0) is 15.9. The Kier molecular flexibility index (Phi) is 5.43. The van der Waals surface area contributed by atoms with Gasteiger partial charge in [0.05, 0.1) is 11.6 Å². The lowest BCUT2D eigenvalue weighted by Gasteiger charge is -2.10. The van der Waals surface area contributed by atoms with Crippen molar-refractivity contribution in [2.24, 2.45) is 0 Å². The monoisotopic (exact) mass is 325 g/mol. The fourth-order valence-corrected chi connectivity index (χ4v) is 1.84. The molecule has 0 spiro atoms. The van der Waals surface area contributed by atoms with Crippen molar-refractivity contribution in [1.29, 1.82) is 0 Å². The summed E-state index contributed by atoms with van der Waals surface area (Å²) < 4.78 is 23.7. The molecule has 0 aromatic heterocycles. The van der Waals surface area contributed by atoms with Gasteiger partial charge in [0, 0.05) is 6.07 Å². The summed E-state index contributed by atoms with van der Waals surface area (Å²) in [6, 6.07) is 10.4. The van der Waals surface area contributed by atoms with Gasteiger partial charge in [0.1, 0.15) is 29.7 Å². The second-order valence-electron chi connectivity index (χ2n) is 4.23. The van der Waals surface area contributed by atoms with E-state index < -0.39 is 6.09 Å². The van der Waals surface area contributed by atoms with E-state index in [2.05, 4.69) is 5.32 Å². The van der Waals surface area contributed by atoms with Crippen LogP contribution in [0.4, 0.5) is 9.18 Å². The van der Waals surface area contributed by atoms with E-state index in [0.717, 1.165) is 0 Å². The molecule has 0 fully saturated rings. The highest BCUT2D eigenvalue weighted by Gasteiger charge is 2.05. The SMILES string of the molecule is O=C(O)NCCOc1ccc(Oc2ccc(F)cc2)cc1Cl. The van der Waals surface area contributed by atoms with E-state index >= 15 is 0 Å². The molecule has 2 rings (SSSR count). The van der Waals surface area contributed by atoms with Gasteiger partial charge in [-0.15, -0.1) is 0 Å². The van der Waals surface area contributed by atoms with Crippen LogP contribution in [0.25, 0.3) is 0 Å². The molecule has 0 saturated carbocycles. The topological polar surface area (TPSA) is 67.8 Å². The molecular formula is C15H13ClFNO4. The molecule has 22 heavy (non-hydrogen) atoms. The van der Waals surface area contributed by atoms with Gasteiger partial charge in [0.15, 0.2) is 0 Å². The van der Waals surface area contributed by atoms with Crippen LogP contribution in [0.2, 0.25) is 5.02 Å². The minimum atomic E-state index is -1.11. The van der Waals surface area contributed by atoms with Crippen LogP contribution < -0.4 is 14.8 Å². The average Bonchev–Trinajstić information content (AvgIpc) is 2.47. The Morgan fingerprint density at radius 1 is 1.18 bits per heavy atom. The van der Waals surface area contributed by atoms with E-state index in [1.165, 1.54) is 24.3 Å². The Morgan fingerprint density at radius 2 is 1.86 bits per heavy atom. The maximum Gasteiger partial charge on any atom is 0.404 e. The van der Waals surface area contributed by atoms with Crippen LogP contribution in [0, 0.1) is 5.82 Å². The smallest absolute Gasteiger partial charge is 0.404 e. The van der Waals surface area contributed by atoms with Crippen LogP contribution in [0.3, 0.4) is 0 Å². The summed E-state index contributed by atoms with van der Waals surface area (Å²) in [5, 5.41) is 10.9. The second-order valence-corrected chi connectivity index (χ2v) is 4.64. The first-order chi connectivity index (χ1) is 10.5. The van der Waals surface area contributed by atoms with E-state index in [1.54, 1.807) is 18.2 Å². The second kappa shape index (κ2) is 7.51. The molecule has 0 aliphatic heterocycles. The van der Waals surface area contributed by atoms with Crippen molar-refractivity contribution in [2.45, 2.75) is 0 Å². The lowest BCUT2D eigenvalue weighted by molar-refractivity contribution is 0.191. The third-order valence-electron chi connectivity index (χ3n) is 2.59. The maximum absolute atomic E-state index is 12.8. The van der Waals surface area contributed by atoms with Crippen molar-refractivity contribution in [3.63, 3.8) is 0 Å². The van der Waals surface area contributed by atoms with Crippen molar-refractivity contribution in [2.75, 3.05) is 13.2 Å². The van der Waals surface area contributed by atoms with Crippen molar-refractivity contribution in [3.8, 4) is 17.2 Å². The minimum absolute atomic E-state index is 0.152. The van der Waals surface area contributed by atoms with E-state index in [4.69, 9.17) is 26.2 Å². The Bertz CT molecular complexity index is 648. The lowest BCUT2D eigenvalue weighted by Crippen LogP contribution is -2.26. The van der Waals surface area contributed by atoms with Gasteiger partial charge >= 0.3 is 6.09 Å². The van der Waals surface area contributed by atoms with Crippen molar-refractivity contribution in [3.05, 3.63) is 53.3 Å². The molecule has 0 radical (unpaired) electrons. The molecular weight excluding hydrogens is 313 g/mol. The Balaban J connectivity index is 1.94. The zero-order valence-electron chi connectivity index (χ0n) is 11.4. The maximum atomic E-state index is 12.8. The van der Waals surface area contributed by atoms with Crippen LogP contribution in [0.1, 0.15) is 0 Å². The molecule has 0 heterocycles. The average molecular weight is 326 g/mol. The molecule has 0 saturated heterocycles. The molecule has 7 heteroatoms. The third kappa shape index (κ3) is 4.82. The van der Waals surface area contributed by atoms with E-state index in [-0.39, 0.29) is 19.0 Å². The van der Waals surface area contributed by atoms with E-state index in [1.807, 2.05) is 0 Å². The lowest BCUT2D eigenvalue weighted by atomic mass is 10.3. The quantitative estimate of drug-likeness (QED) is 0.790. The first kappa shape index (κ1) is 15.9. The summed E-state index contributed by atoms with van der Waals surface area (Å²) in [5.74, 6) is 1.04. The van der Waals surface area contributed by atoms with Crippen molar-refractivity contribution < 1.29 is 23.8 Å². The highest BCUT2D eigenvalue weighted by Crippen LogP contribution is 2.31. The number of carboxylic acid groups (broad SMARTS) is 1. The van der Waals surface area contributed by atoms with Crippen LogP contribution >= 0.6 is 11.6 Å². The number of benzene rings is 2. The normalized spacial score (nSPS) is 10.1. The molecule has 0 aliphatic carbocycles. The van der Waals surface area contributed by atoms with E-state index in [9.17, 15) is 9.18 Å². The van der Waals surface area contributed by atoms with Crippen molar-refractivity contribution in [1.82, 2.24) is 5.32 Å². The highest BCUT2D eigenvalue weighted by atomic mass is 35.5. The number of halogens is 2. The number of amides is 1.